The quantitative estimate of drug-likeness (QED) is 0.836. The van der Waals surface area contributed by atoms with Gasteiger partial charge in [0, 0.05) is 26.1 Å². The number of nitrogens with two attached hydrogens (primary N) is 1. The number of rotatable bonds is 4. The molecule has 0 spiro atoms. The van der Waals surface area contributed by atoms with Crippen molar-refractivity contribution in [3.05, 3.63) is 11.7 Å². The van der Waals surface area contributed by atoms with Crippen molar-refractivity contribution in [2.75, 3.05) is 26.2 Å². The van der Waals surface area contributed by atoms with Crippen molar-refractivity contribution < 1.29 is 9.26 Å². The van der Waals surface area contributed by atoms with Gasteiger partial charge < -0.3 is 15.0 Å². The molecule has 0 saturated carbocycles. The molecule has 1 aromatic rings. The Balaban J connectivity index is 0.00000144. The lowest BCUT2D eigenvalue weighted by Gasteiger charge is -2.31. The van der Waals surface area contributed by atoms with E-state index in [1.165, 1.54) is 0 Å². The minimum atomic E-state index is 0. The molecule has 0 aliphatic carbocycles. The molecule has 1 saturated heterocycles. The van der Waals surface area contributed by atoms with E-state index in [1.807, 2.05) is 6.92 Å². The average molecular weight is 263 g/mol. The fourth-order valence-corrected chi connectivity index (χ4v) is 1.76. The van der Waals surface area contributed by atoms with E-state index in [0.29, 0.717) is 19.0 Å². The lowest BCUT2D eigenvalue weighted by Crippen LogP contribution is -2.45. The van der Waals surface area contributed by atoms with Gasteiger partial charge in [0.05, 0.1) is 19.3 Å². The zero-order chi connectivity index (χ0) is 11.4. The highest BCUT2D eigenvalue weighted by atomic mass is 35.5. The van der Waals surface area contributed by atoms with E-state index in [2.05, 4.69) is 15.0 Å². The number of hydrogen-bond acceptors (Lipinski definition) is 6. The minimum absolute atomic E-state index is 0. The summed E-state index contributed by atoms with van der Waals surface area (Å²) in [6.07, 6.45) is 0.910. The number of nitrogens with zero attached hydrogens (tertiary/aromatic N) is 3. The van der Waals surface area contributed by atoms with Crippen molar-refractivity contribution in [2.24, 2.45) is 5.73 Å². The Kier molecular flexibility index (Phi) is 5.84. The highest BCUT2D eigenvalue weighted by Crippen LogP contribution is 2.08. The van der Waals surface area contributed by atoms with Crippen molar-refractivity contribution in [2.45, 2.75) is 26.0 Å². The van der Waals surface area contributed by atoms with Crippen LogP contribution in [0.15, 0.2) is 4.52 Å². The number of aryl methyl sites for hydroxylation is 1. The highest BCUT2D eigenvalue weighted by molar-refractivity contribution is 5.85. The second-order valence-corrected chi connectivity index (χ2v) is 3.92. The molecule has 1 aromatic heterocycles. The highest BCUT2D eigenvalue weighted by Gasteiger charge is 2.20. The fourth-order valence-electron chi connectivity index (χ4n) is 1.76. The topological polar surface area (TPSA) is 77.4 Å². The van der Waals surface area contributed by atoms with Gasteiger partial charge in [-0.15, -0.1) is 12.4 Å². The van der Waals surface area contributed by atoms with Gasteiger partial charge in [-0.1, -0.05) is 12.1 Å². The summed E-state index contributed by atoms with van der Waals surface area (Å²) in [6, 6.07) is 0. The Hall–Kier alpha value is -0.690. The number of ether oxygens (including phenoxy) is 1. The molecule has 17 heavy (non-hydrogen) atoms. The predicted octanol–water partition coefficient (Wildman–Crippen LogP) is 0.213. The Bertz CT molecular complexity index is 334. The van der Waals surface area contributed by atoms with E-state index in [0.717, 1.165) is 31.9 Å². The third kappa shape index (κ3) is 3.92. The summed E-state index contributed by atoms with van der Waals surface area (Å²) < 4.78 is 10.6. The van der Waals surface area contributed by atoms with Gasteiger partial charge in [0.2, 0.25) is 5.89 Å². The van der Waals surface area contributed by atoms with E-state index in [4.69, 9.17) is 15.0 Å². The molecule has 7 heteroatoms. The minimum Gasteiger partial charge on any atom is -0.374 e. The first-order chi connectivity index (χ1) is 7.81. The van der Waals surface area contributed by atoms with Gasteiger partial charge in [-0.2, -0.15) is 4.98 Å². The summed E-state index contributed by atoms with van der Waals surface area (Å²) in [5.41, 5.74) is 5.58. The molecule has 0 amide bonds. The summed E-state index contributed by atoms with van der Waals surface area (Å²) in [6.45, 7) is 5.72. The van der Waals surface area contributed by atoms with Gasteiger partial charge in [0.25, 0.3) is 0 Å². The van der Waals surface area contributed by atoms with Gasteiger partial charge in [-0.05, 0) is 0 Å². The van der Waals surface area contributed by atoms with Crippen LogP contribution in [-0.4, -0.2) is 47.4 Å². The maximum Gasteiger partial charge on any atom is 0.226 e. The maximum absolute atomic E-state index is 5.58. The normalized spacial score (nSPS) is 21.2. The Labute approximate surface area is 107 Å². The van der Waals surface area contributed by atoms with Crippen LogP contribution < -0.4 is 5.73 Å². The molecule has 2 heterocycles. The van der Waals surface area contributed by atoms with E-state index in [-0.39, 0.29) is 18.5 Å². The maximum atomic E-state index is 5.58. The number of aromatic nitrogens is 2. The molecule has 1 aliphatic heterocycles. The van der Waals surface area contributed by atoms with Gasteiger partial charge in [0.15, 0.2) is 5.82 Å². The Morgan fingerprint density at radius 3 is 3.00 bits per heavy atom. The summed E-state index contributed by atoms with van der Waals surface area (Å²) in [5.74, 6) is 1.44. The fraction of sp³-hybridized carbons (Fsp3) is 0.800. The lowest BCUT2D eigenvalue weighted by atomic mass is 10.2. The monoisotopic (exact) mass is 262 g/mol. The zero-order valence-electron chi connectivity index (χ0n) is 9.96. The molecule has 0 aromatic carbocycles. The molecular weight excluding hydrogens is 244 g/mol. The van der Waals surface area contributed by atoms with Crippen molar-refractivity contribution in [3.8, 4) is 0 Å². The number of hydrogen-bond donors (Lipinski definition) is 1. The molecule has 1 fully saturated rings. The second kappa shape index (κ2) is 6.90. The van der Waals surface area contributed by atoms with Crippen LogP contribution in [0.5, 0.6) is 0 Å². The molecule has 0 radical (unpaired) electrons. The van der Waals surface area contributed by atoms with Gasteiger partial charge >= 0.3 is 0 Å². The van der Waals surface area contributed by atoms with Crippen LogP contribution in [0.4, 0.5) is 0 Å². The molecule has 98 valence electrons. The van der Waals surface area contributed by atoms with Crippen LogP contribution in [0.3, 0.4) is 0 Å². The molecule has 2 N–H and O–H groups in total. The largest absolute Gasteiger partial charge is 0.374 e. The average Bonchev–Trinajstić information content (AvgIpc) is 2.77. The van der Waals surface area contributed by atoms with Crippen LogP contribution in [0, 0.1) is 0 Å². The van der Waals surface area contributed by atoms with E-state index >= 15 is 0 Å². The van der Waals surface area contributed by atoms with Crippen LogP contribution >= 0.6 is 12.4 Å². The lowest BCUT2D eigenvalue weighted by molar-refractivity contribution is -0.0269. The van der Waals surface area contributed by atoms with Gasteiger partial charge in [-0.25, -0.2) is 0 Å². The van der Waals surface area contributed by atoms with Crippen LogP contribution in [0.1, 0.15) is 18.6 Å². The SMILES string of the molecule is CCc1nc(CN2CCOC(CN)C2)no1.Cl. The molecule has 1 unspecified atom stereocenters. The van der Waals surface area contributed by atoms with E-state index < -0.39 is 0 Å². The third-order valence-electron chi connectivity index (χ3n) is 2.66. The predicted molar refractivity (Wildman–Crippen MR) is 65.0 cm³/mol. The summed E-state index contributed by atoms with van der Waals surface area (Å²) in [7, 11) is 0. The molecule has 6 nitrogen and oxygen atoms in total. The smallest absolute Gasteiger partial charge is 0.226 e. The van der Waals surface area contributed by atoms with Gasteiger partial charge in [0.1, 0.15) is 0 Å². The summed E-state index contributed by atoms with van der Waals surface area (Å²) in [4.78, 5) is 6.52. The second-order valence-electron chi connectivity index (χ2n) is 3.92. The number of halogens is 1. The first-order valence-electron chi connectivity index (χ1n) is 5.67. The first-order valence-corrected chi connectivity index (χ1v) is 5.67. The molecule has 0 bridgehead atoms. The zero-order valence-corrected chi connectivity index (χ0v) is 10.8. The van der Waals surface area contributed by atoms with Crippen molar-refractivity contribution >= 4 is 12.4 Å². The summed E-state index contributed by atoms with van der Waals surface area (Å²) >= 11 is 0. The van der Waals surface area contributed by atoms with Crippen molar-refractivity contribution in [3.63, 3.8) is 0 Å². The van der Waals surface area contributed by atoms with E-state index in [1.54, 1.807) is 0 Å². The van der Waals surface area contributed by atoms with Crippen LogP contribution in [0.2, 0.25) is 0 Å². The first kappa shape index (κ1) is 14.4. The standard InChI is InChI=1S/C10H18N4O2.ClH/c1-2-10-12-9(13-16-10)7-14-3-4-15-8(5-11)6-14;/h8H,2-7,11H2,1H3;1H. The third-order valence-corrected chi connectivity index (χ3v) is 2.66. The Morgan fingerprint density at radius 1 is 1.53 bits per heavy atom. The van der Waals surface area contributed by atoms with Crippen LogP contribution in [-0.2, 0) is 17.7 Å². The van der Waals surface area contributed by atoms with Crippen molar-refractivity contribution in [1.82, 2.24) is 15.0 Å². The summed E-state index contributed by atoms with van der Waals surface area (Å²) in [5, 5.41) is 3.93. The molecule has 2 rings (SSSR count). The molecule has 1 atom stereocenters. The van der Waals surface area contributed by atoms with Gasteiger partial charge in [-0.3, -0.25) is 4.90 Å². The van der Waals surface area contributed by atoms with E-state index in [9.17, 15) is 0 Å². The molecule has 1 aliphatic rings. The van der Waals surface area contributed by atoms with Crippen molar-refractivity contribution in [1.29, 1.82) is 0 Å². The Morgan fingerprint density at radius 2 is 2.35 bits per heavy atom. The van der Waals surface area contributed by atoms with Crippen LogP contribution in [0.25, 0.3) is 0 Å². The number of morpholine rings is 1. The molecular formula is C10H19ClN4O2.